The zero-order chi connectivity index (χ0) is 19.3. The second-order valence-corrected chi connectivity index (χ2v) is 6.05. The molecule has 0 bridgehead atoms. The van der Waals surface area contributed by atoms with Crippen LogP contribution < -0.4 is 5.73 Å². The number of carboxylic acid groups (broad SMARTS) is 1. The summed E-state index contributed by atoms with van der Waals surface area (Å²) in [5.41, 5.74) is 7.08. The average molecular weight is 355 g/mol. The van der Waals surface area contributed by atoms with E-state index in [1.807, 2.05) is 6.07 Å². The van der Waals surface area contributed by atoms with Crippen LogP contribution >= 0.6 is 0 Å². The zero-order valence-electron chi connectivity index (χ0n) is 14.6. The molecule has 1 unspecified atom stereocenters. The van der Waals surface area contributed by atoms with Crippen molar-refractivity contribution in [3.8, 4) is 0 Å². The quantitative estimate of drug-likeness (QED) is 0.583. The Morgan fingerprint density at radius 1 is 0.962 bits per heavy atom. The third-order valence-corrected chi connectivity index (χ3v) is 4.13. The van der Waals surface area contributed by atoms with E-state index in [4.69, 9.17) is 15.6 Å². The Hall–Kier alpha value is -2.99. The van der Waals surface area contributed by atoms with Gasteiger partial charge in [0.1, 0.15) is 12.1 Å². The first-order chi connectivity index (χ1) is 12.3. The molecule has 3 atom stereocenters. The van der Waals surface area contributed by atoms with E-state index < -0.39 is 30.0 Å². The first kappa shape index (κ1) is 19.3. The molecule has 6 heteroatoms. The fraction of sp³-hybridized carbons (Fsp3) is 0.250. The largest absolute Gasteiger partial charge is 0.480 e. The number of hydrogen-bond donors (Lipinski definition) is 2. The van der Waals surface area contributed by atoms with Crippen LogP contribution in [0.4, 0.5) is 0 Å². The Balaban J connectivity index is 2.15. The van der Waals surface area contributed by atoms with Crippen molar-refractivity contribution in [2.24, 2.45) is 5.73 Å². The molecular weight excluding hydrogens is 334 g/mol. The van der Waals surface area contributed by atoms with Crippen LogP contribution in [0.2, 0.25) is 0 Å². The molecule has 0 fully saturated rings. The van der Waals surface area contributed by atoms with Crippen LogP contribution in [0.15, 0.2) is 54.6 Å². The SMILES string of the molecule is C[C@@H](C(=O)O[C@H](C)C(N)C(=O)O)c1cccc(C(=O)c2ccccc2)c1. The Morgan fingerprint density at radius 2 is 1.58 bits per heavy atom. The molecule has 2 rings (SSSR count). The van der Waals surface area contributed by atoms with E-state index in [0.29, 0.717) is 16.7 Å². The van der Waals surface area contributed by atoms with Crippen molar-refractivity contribution < 1.29 is 24.2 Å². The summed E-state index contributed by atoms with van der Waals surface area (Å²) in [5, 5.41) is 8.87. The molecule has 0 spiro atoms. The third-order valence-electron chi connectivity index (χ3n) is 4.13. The number of nitrogens with two attached hydrogens (primary N) is 1. The fourth-order valence-electron chi connectivity index (χ4n) is 2.40. The summed E-state index contributed by atoms with van der Waals surface area (Å²) >= 11 is 0. The highest BCUT2D eigenvalue weighted by Crippen LogP contribution is 2.21. The van der Waals surface area contributed by atoms with E-state index in [1.165, 1.54) is 6.92 Å². The predicted octanol–water partition coefficient (Wildman–Crippen LogP) is 2.36. The third kappa shape index (κ3) is 4.55. The number of aliphatic carboxylic acids is 1. The fourth-order valence-corrected chi connectivity index (χ4v) is 2.40. The molecule has 0 saturated heterocycles. The molecule has 0 radical (unpaired) electrons. The molecule has 0 aromatic heterocycles. The number of carbonyl (C=O) groups is 3. The minimum Gasteiger partial charge on any atom is -0.480 e. The minimum absolute atomic E-state index is 0.144. The van der Waals surface area contributed by atoms with Crippen molar-refractivity contribution >= 4 is 17.7 Å². The number of rotatable bonds is 7. The lowest BCUT2D eigenvalue weighted by Gasteiger charge is -2.20. The smallest absolute Gasteiger partial charge is 0.324 e. The van der Waals surface area contributed by atoms with Crippen molar-refractivity contribution in [3.05, 3.63) is 71.3 Å². The molecule has 0 aliphatic carbocycles. The van der Waals surface area contributed by atoms with Gasteiger partial charge in [0.15, 0.2) is 5.78 Å². The molecule has 6 nitrogen and oxygen atoms in total. The van der Waals surface area contributed by atoms with Gasteiger partial charge >= 0.3 is 11.9 Å². The standard InChI is InChI=1S/C20H21NO5/c1-12(20(25)26-13(2)17(21)19(23)24)15-9-6-10-16(11-15)18(22)14-7-4-3-5-8-14/h3-13,17H,21H2,1-2H3,(H,23,24)/t12-,13-,17?/m1/s1. The van der Waals surface area contributed by atoms with Crippen LogP contribution in [-0.4, -0.2) is 35.0 Å². The van der Waals surface area contributed by atoms with E-state index in [-0.39, 0.29) is 5.78 Å². The van der Waals surface area contributed by atoms with Crippen LogP contribution in [0, 0.1) is 0 Å². The van der Waals surface area contributed by atoms with Crippen LogP contribution in [0.3, 0.4) is 0 Å². The zero-order valence-corrected chi connectivity index (χ0v) is 14.6. The van der Waals surface area contributed by atoms with Gasteiger partial charge in [-0.3, -0.25) is 14.4 Å². The van der Waals surface area contributed by atoms with Crippen LogP contribution in [0.25, 0.3) is 0 Å². The lowest BCUT2D eigenvalue weighted by molar-refractivity contribution is -0.154. The molecule has 2 aromatic rings. The van der Waals surface area contributed by atoms with Crippen LogP contribution in [0.1, 0.15) is 41.3 Å². The average Bonchev–Trinajstić information content (AvgIpc) is 2.66. The lowest BCUT2D eigenvalue weighted by atomic mass is 9.95. The van der Waals surface area contributed by atoms with Gasteiger partial charge in [0.25, 0.3) is 0 Å². The highest BCUT2D eigenvalue weighted by molar-refractivity contribution is 6.09. The van der Waals surface area contributed by atoms with E-state index in [2.05, 4.69) is 0 Å². The molecule has 0 amide bonds. The summed E-state index contributed by atoms with van der Waals surface area (Å²) in [5.74, 6) is -2.65. The van der Waals surface area contributed by atoms with E-state index in [0.717, 1.165) is 0 Å². The van der Waals surface area contributed by atoms with Crippen molar-refractivity contribution in [2.45, 2.75) is 31.9 Å². The second-order valence-electron chi connectivity index (χ2n) is 6.05. The van der Waals surface area contributed by atoms with Gasteiger partial charge in [-0.2, -0.15) is 0 Å². The molecule has 0 saturated carbocycles. The number of ether oxygens (including phenoxy) is 1. The summed E-state index contributed by atoms with van der Waals surface area (Å²) < 4.78 is 5.14. The Morgan fingerprint density at radius 3 is 2.19 bits per heavy atom. The van der Waals surface area contributed by atoms with Crippen molar-refractivity contribution in [1.82, 2.24) is 0 Å². The van der Waals surface area contributed by atoms with Gasteiger partial charge in [-0.15, -0.1) is 0 Å². The lowest BCUT2D eigenvalue weighted by Crippen LogP contribution is -2.43. The first-order valence-corrected chi connectivity index (χ1v) is 8.20. The van der Waals surface area contributed by atoms with Gasteiger partial charge in [-0.05, 0) is 25.5 Å². The van der Waals surface area contributed by atoms with Gasteiger partial charge in [0, 0.05) is 11.1 Å². The van der Waals surface area contributed by atoms with E-state index in [9.17, 15) is 14.4 Å². The molecule has 136 valence electrons. The molecule has 0 aliphatic rings. The number of hydrogen-bond acceptors (Lipinski definition) is 5. The highest BCUT2D eigenvalue weighted by atomic mass is 16.5. The molecule has 0 aliphatic heterocycles. The monoisotopic (exact) mass is 355 g/mol. The van der Waals surface area contributed by atoms with Gasteiger partial charge in [-0.1, -0.05) is 48.5 Å². The maximum atomic E-state index is 12.5. The number of carbonyl (C=O) groups excluding carboxylic acids is 2. The predicted molar refractivity (Wildman–Crippen MR) is 95.9 cm³/mol. The molecule has 3 N–H and O–H groups in total. The summed E-state index contributed by atoms with van der Waals surface area (Å²) in [7, 11) is 0. The summed E-state index contributed by atoms with van der Waals surface area (Å²) in [4.78, 5) is 35.7. The van der Waals surface area contributed by atoms with Crippen LogP contribution in [0.5, 0.6) is 0 Å². The van der Waals surface area contributed by atoms with Gasteiger partial charge < -0.3 is 15.6 Å². The highest BCUT2D eigenvalue weighted by Gasteiger charge is 2.26. The number of ketones is 1. The van der Waals surface area contributed by atoms with Gasteiger partial charge in [-0.25, -0.2) is 0 Å². The van der Waals surface area contributed by atoms with Crippen molar-refractivity contribution in [3.63, 3.8) is 0 Å². The van der Waals surface area contributed by atoms with Crippen LogP contribution in [-0.2, 0) is 14.3 Å². The van der Waals surface area contributed by atoms with E-state index >= 15 is 0 Å². The number of esters is 1. The maximum Gasteiger partial charge on any atom is 0.324 e. The second kappa shape index (κ2) is 8.40. The number of benzene rings is 2. The Kier molecular flexibility index (Phi) is 6.25. The van der Waals surface area contributed by atoms with E-state index in [1.54, 1.807) is 55.5 Å². The minimum atomic E-state index is -1.29. The van der Waals surface area contributed by atoms with Crippen molar-refractivity contribution in [2.75, 3.05) is 0 Å². The topological polar surface area (TPSA) is 107 Å². The molecule has 26 heavy (non-hydrogen) atoms. The number of carboxylic acids is 1. The summed E-state index contributed by atoms with van der Waals surface area (Å²) in [6.45, 7) is 3.06. The molecular formula is C20H21NO5. The first-order valence-electron chi connectivity index (χ1n) is 8.20. The van der Waals surface area contributed by atoms with Gasteiger partial charge in [0.05, 0.1) is 5.92 Å². The maximum absolute atomic E-state index is 12.5. The van der Waals surface area contributed by atoms with Crippen molar-refractivity contribution in [1.29, 1.82) is 0 Å². The normalized spacial score (nSPS) is 14.1. The summed E-state index contributed by atoms with van der Waals surface area (Å²) in [6, 6.07) is 14.3. The van der Waals surface area contributed by atoms with Gasteiger partial charge in [0.2, 0.25) is 0 Å². The molecule has 0 heterocycles. The Labute approximate surface area is 151 Å². The molecule has 2 aromatic carbocycles. The Bertz CT molecular complexity index is 803. The summed E-state index contributed by atoms with van der Waals surface area (Å²) in [6.07, 6.45) is -0.961.